The zero-order valence-electron chi connectivity index (χ0n) is 15.1. The van der Waals surface area contributed by atoms with Crippen molar-refractivity contribution >= 4 is 17.0 Å². The predicted octanol–water partition coefficient (Wildman–Crippen LogP) is 1.61. The monoisotopic (exact) mass is 370 g/mol. The number of benzene rings is 1. The van der Waals surface area contributed by atoms with Gasteiger partial charge >= 0.3 is 5.76 Å². The number of oxazole rings is 1. The van der Waals surface area contributed by atoms with Crippen molar-refractivity contribution in [1.29, 1.82) is 0 Å². The highest BCUT2D eigenvalue weighted by Gasteiger charge is 2.31. The molecule has 1 saturated heterocycles. The van der Waals surface area contributed by atoms with Gasteiger partial charge in [0, 0.05) is 45.3 Å². The number of carbonyl (C=O) groups excluding carboxylic acids is 1. The number of rotatable bonds is 6. The van der Waals surface area contributed by atoms with Gasteiger partial charge in [-0.05, 0) is 24.6 Å². The van der Waals surface area contributed by atoms with Gasteiger partial charge in [-0.1, -0.05) is 12.1 Å². The molecule has 142 valence electrons. The maximum absolute atomic E-state index is 12.3. The van der Waals surface area contributed by atoms with E-state index in [0.717, 1.165) is 12.1 Å². The molecule has 8 nitrogen and oxygen atoms in total. The van der Waals surface area contributed by atoms with Crippen molar-refractivity contribution in [2.45, 2.75) is 25.5 Å². The zero-order chi connectivity index (χ0) is 18.8. The Bertz CT molecular complexity index is 1000. The first-order valence-corrected chi connectivity index (χ1v) is 9.08. The fourth-order valence-corrected chi connectivity index (χ4v) is 3.61. The summed E-state index contributed by atoms with van der Waals surface area (Å²) in [5, 5.41) is 7.16. The first-order valence-electron chi connectivity index (χ1n) is 9.08. The zero-order valence-corrected chi connectivity index (χ0v) is 15.1. The average Bonchev–Trinajstić information content (AvgIpc) is 3.36. The molecule has 0 unspecified atom stereocenters. The Morgan fingerprint density at radius 3 is 3.00 bits per heavy atom. The number of carbonyl (C=O) groups is 1. The highest BCUT2D eigenvalue weighted by molar-refractivity contribution is 5.76. The molecule has 0 bridgehead atoms. The van der Waals surface area contributed by atoms with Crippen LogP contribution in [-0.4, -0.2) is 33.4 Å². The van der Waals surface area contributed by atoms with Crippen molar-refractivity contribution < 1.29 is 13.9 Å². The fourth-order valence-electron chi connectivity index (χ4n) is 3.61. The molecule has 1 N–H and O–H groups in total. The Hall–Kier alpha value is -2.87. The molecule has 1 fully saturated rings. The van der Waals surface area contributed by atoms with Gasteiger partial charge in [0.2, 0.25) is 5.91 Å². The normalized spacial score (nSPS) is 19.6. The summed E-state index contributed by atoms with van der Waals surface area (Å²) in [6.45, 7) is 1.50. The van der Waals surface area contributed by atoms with Crippen molar-refractivity contribution in [3.8, 4) is 0 Å². The summed E-state index contributed by atoms with van der Waals surface area (Å²) in [6, 6.07) is 9.15. The van der Waals surface area contributed by atoms with E-state index in [-0.39, 0.29) is 30.9 Å². The minimum Gasteiger partial charge on any atom is -0.408 e. The number of amides is 1. The van der Waals surface area contributed by atoms with Gasteiger partial charge in [-0.3, -0.25) is 14.0 Å². The number of nitrogens with one attached hydrogen (secondary N) is 1. The van der Waals surface area contributed by atoms with Crippen LogP contribution in [0.25, 0.3) is 11.1 Å². The summed E-state index contributed by atoms with van der Waals surface area (Å²) < 4.78 is 14.3. The third kappa shape index (κ3) is 3.52. The summed E-state index contributed by atoms with van der Waals surface area (Å²) in [7, 11) is 1.89. The Morgan fingerprint density at radius 1 is 1.33 bits per heavy atom. The maximum Gasteiger partial charge on any atom is 0.419 e. The van der Waals surface area contributed by atoms with Crippen LogP contribution in [0.1, 0.15) is 24.6 Å². The van der Waals surface area contributed by atoms with E-state index < -0.39 is 5.76 Å². The lowest BCUT2D eigenvalue weighted by atomic mass is 9.99. The second kappa shape index (κ2) is 7.40. The quantitative estimate of drug-likeness (QED) is 0.712. The molecule has 8 heteroatoms. The van der Waals surface area contributed by atoms with Crippen LogP contribution in [0.5, 0.6) is 0 Å². The van der Waals surface area contributed by atoms with Crippen LogP contribution in [0.15, 0.2) is 45.7 Å². The van der Waals surface area contributed by atoms with E-state index in [0.29, 0.717) is 24.3 Å². The number of hydrogen-bond donors (Lipinski definition) is 1. The first kappa shape index (κ1) is 17.5. The molecule has 1 amide bonds. The number of nitrogens with zero attached hydrogens (tertiary/aromatic N) is 3. The minimum atomic E-state index is -0.440. The van der Waals surface area contributed by atoms with E-state index in [2.05, 4.69) is 10.4 Å². The van der Waals surface area contributed by atoms with E-state index in [1.54, 1.807) is 16.9 Å². The molecular weight excluding hydrogens is 348 g/mol. The highest BCUT2D eigenvalue weighted by atomic mass is 16.5. The molecular formula is C19H22N4O4. The second-order valence-electron chi connectivity index (χ2n) is 6.76. The Labute approximate surface area is 155 Å². The van der Waals surface area contributed by atoms with Gasteiger partial charge < -0.3 is 14.5 Å². The SMILES string of the molecule is Cn1nccc1[C@@H]1OCC[C@H]1CNC(=O)CCn1c(=O)oc2ccccc21. The molecule has 2 atom stereocenters. The van der Waals surface area contributed by atoms with Gasteiger partial charge in [0.15, 0.2) is 5.58 Å². The van der Waals surface area contributed by atoms with Crippen LogP contribution in [0.2, 0.25) is 0 Å². The molecule has 0 saturated carbocycles. The molecule has 0 aliphatic carbocycles. The highest BCUT2D eigenvalue weighted by Crippen LogP contribution is 2.33. The third-order valence-electron chi connectivity index (χ3n) is 5.06. The van der Waals surface area contributed by atoms with Crippen LogP contribution in [0, 0.1) is 5.92 Å². The molecule has 2 aromatic heterocycles. The van der Waals surface area contributed by atoms with Crippen molar-refractivity contribution in [3.05, 3.63) is 52.8 Å². The van der Waals surface area contributed by atoms with E-state index in [9.17, 15) is 9.59 Å². The largest absolute Gasteiger partial charge is 0.419 e. The smallest absolute Gasteiger partial charge is 0.408 e. The summed E-state index contributed by atoms with van der Waals surface area (Å²) >= 11 is 0. The molecule has 0 spiro atoms. The number of ether oxygens (including phenoxy) is 1. The topological polar surface area (TPSA) is 91.3 Å². The molecule has 3 aromatic rings. The summed E-state index contributed by atoms with van der Waals surface area (Å²) in [4.78, 5) is 24.3. The van der Waals surface area contributed by atoms with E-state index >= 15 is 0 Å². The van der Waals surface area contributed by atoms with Crippen LogP contribution in [0.4, 0.5) is 0 Å². The van der Waals surface area contributed by atoms with Crippen molar-refractivity contribution in [3.63, 3.8) is 0 Å². The van der Waals surface area contributed by atoms with Crippen LogP contribution in [0.3, 0.4) is 0 Å². The number of hydrogen-bond acceptors (Lipinski definition) is 5. The van der Waals surface area contributed by atoms with Crippen molar-refractivity contribution in [2.75, 3.05) is 13.2 Å². The summed E-state index contributed by atoms with van der Waals surface area (Å²) in [5.74, 6) is -0.325. The molecule has 27 heavy (non-hydrogen) atoms. The average molecular weight is 370 g/mol. The number of para-hydroxylation sites is 2. The predicted molar refractivity (Wildman–Crippen MR) is 98.1 cm³/mol. The summed E-state index contributed by atoms with van der Waals surface area (Å²) in [6.07, 6.45) is 2.80. The Morgan fingerprint density at radius 2 is 2.19 bits per heavy atom. The third-order valence-corrected chi connectivity index (χ3v) is 5.06. The van der Waals surface area contributed by atoms with Crippen molar-refractivity contribution in [1.82, 2.24) is 19.7 Å². The number of aryl methyl sites for hydroxylation is 2. The first-order chi connectivity index (χ1) is 13.1. The number of fused-ring (bicyclic) bond motifs is 1. The Balaban J connectivity index is 1.34. The summed E-state index contributed by atoms with van der Waals surface area (Å²) in [5.41, 5.74) is 2.25. The van der Waals surface area contributed by atoms with Crippen LogP contribution in [-0.2, 0) is 23.1 Å². The standard InChI is InChI=1S/C19H22N4O4/c1-22-15(6-9-21-22)18-13(8-11-26-18)12-20-17(24)7-10-23-14-4-2-3-5-16(14)27-19(23)25/h2-6,9,13,18H,7-8,10-12H2,1H3,(H,20,24)/t13-,18+/m0/s1. The van der Waals surface area contributed by atoms with Crippen LogP contribution >= 0.6 is 0 Å². The van der Waals surface area contributed by atoms with Gasteiger partial charge in [0.05, 0.1) is 11.2 Å². The molecule has 3 heterocycles. The fraction of sp³-hybridized carbons (Fsp3) is 0.421. The molecule has 4 rings (SSSR count). The molecule has 1 aliphatic heterocycles. The Kier molecular flexibility index (Phi) is 4.81. The van der Waals surface area contributed by atoms with Gasteiger partial charge in [-0.25, -0.2) is 4.79 Å². The van der Waals surface area contributed by atoms with E-state index in [1.165, 1.54) is 4.57 Å². The lowest BCUT2D eigenvalue weighted by Crippen LogP contribution is -2.32. The van der Waals surface area contributed by atoms with Gasteiger partial charge in [0.1, 0.15) is 6.10 Å². The maximum atomic E-state index is 12.3. The molecule has 1 aromatic carbocycles. The van der Waals surface area contributed by atoms with Gasteiger partial charge in [-0.2, -0.15) is 5.10 Å². The molecule has 0 radical (unpaired) electrons. The van der Waals surface area contributed by atoms with E-state index in [4.69, 9.17) is 9.15 Å². The van der Waals surface area contributed by atoms with Gasteiger partial charge in [-0.15, -0.1) is 0 Å². The lowest BCUT2D eigenvalue weighted by molar-refractivity contribution is -0.121. The van der Waals surface area contributed by atoms with E-state index in [1.807, 2.05) is 31.3 Å². The van der Waals surface area contributed by atoms with Gasteiger partial charge in [0.25, 0.3) is 0 Å². The van der Waals surface area contributed by atoms with Crippen LogP contribution < -0.4 is 11.1 Å². The minimum absolute atomic E-state index is 0.0572. The van der Waals surface area contributed by atoms with Crippen molar-refractivity contribution in [2.24, 2.45) is 13.0 Å². The second-order valence-corrected chi connectivity index (χ2v) is 6.76. The lowest BCUT2D eigenvalue weighted by Gasteiger charge is -2.19. The molecule has 1 aliphatic rings. The number of aromatic nitrogens is 3.